The summed E-state index contributed by atoms with van der Waals surface area (Å²) in [4.78, 5) is 8.24. The molecule has 0 amide bonds. The second kappa shape index (κ2) is 6.75. The fourth-order valence-corrected chi connectivity index (χ4v) is 2.89. The summed E-state index contributed by atoms with van der Waals surface area (Å²) in [5.41, 5.74) is 0.671. The van der Waals surface area contributed by atoms with Crippen molar-refractivity contribution in [2.75, 3.05) is 0 Å². The third-order valence-electron chi connectivity index (χ3n) is 4.36. The number of fused-ring (bicyclic) bond motifs is 1. The normalized spacial score (nSPS) is 12.3. The van der Waals surface area contributed by atoms with Crippen molar-refractivity contribution in [1.29, 1.82) is 5.26 Å². The SMILES string of the molecule is CCC(C)Cc1c(-c2c(F)cc(F)cc2F)c(C)nc2nc(C#N)nn12. The van der Waals surface area contributed by atoms with E-state index < -0.39 is 17.5 Å². The van der Waals surface area contributed by atoms with Crippen molar-refractivity contribution in [3.05, 3.63) is 46.8 Å². The standard InChI is InChI=1S/C18H16F3N5/c1-4-9(2)5-14-16(17-12(20)6-11(19)7-13(17)21)10(3)23-18-24-15(8-22)25-26(14)18/h6-7,9H,4-5H2,1-3H3. The van der Waals surface area contributed by atoms with Crippen LogP contribution in [0, 0.1) is 41.6 Å². The van der Waals surface area contributed by atoms with Crippen LogP contribution < -0.4 is 0 Å². The summed E-state index contributed by atoms with van der Waals surface area (Å²) in [5, 5.41) is 13.1. The highest BCUT2D eigenvalue weighted by atomic mass is 19.1. The van der Waals surface area contributed by atoms with Gasteiger partial charge in [-0.05, 0) is 19.3 Å². The quantitative estimate of drug-likeness (QED) is 0.707. The Hall–Kier alpha value is -2.95. The van der Waals surface area contributed by atoms with Crippen molar-refractivity contribution in [3.63, 3.8) is 0 Å². The molecule has 0 saturated heterocycles. The Morgan fingerprint density at radius 2 is 1.81 bits per heavy atom. The number of hydrogen-bond donors (Lipinski definition) is 0. The van der Waals surface area contributed by atoms with E-state index in [4.69, 9.17) is 5.26 Å². The zero-order chi connectivity index (χ0) is 19.0. The number of hydrogen-bond acceptors (Lipinski definition) is 4. The minimum atomic E-state index is -1.02. The van der Waals surface area contributed by atoms with Crippen molar-refractivity contribution in [2.24, 2.45) is 5.92 Å². The molecule has 0 aliphatic carbocycles. The molecule has 0 N–H and O–H groups in total. The molecule has 0 aliphatic rings. The number of rotatable bonds is 4. The van der Waals surface area contributed by atoms with Crippen LogP contribution >= 0.6 is 0 Å². The second-order valence-electron chi connectivity index (χ2n) is 6.24. The predicted octanol–water partition coefficient (Wildman–Crippen LogP) is 3.98. The zero-order valence-corrected chi connectivity index (χ0v) is 14.5. The molecular weight excluding hydrogens is 343 g/mol. The van der Waals surface area contributed by atoms with Gasteiger partial charge in [0.05, 0.1) is 17.0 Å². The van der Waals surface area contributed by atoms with Crippen LogP contribution in [-0.2, 0) is 6.42 Å². The van der Waals surface area contributed by atoms with E-state index in [-0.39, 0.29) is 28.6 Å². The minimum absolute atomic E-state index is 0.0838. The molecule has 2 aromatic heterocycles. The van der Waals surface area contributed by atoms with Gasteiger partial charge in [0.15, 0.2) is 0 Å². The van der Waals surface area contributed by atoms with Gasteiger partial charge >= 0.3 is 0 Å². The highest BCUT2D eigenvalue weighted by molar-refractivity contribution is 5.71. The number of halogens is 3. The van der Waals surface area contributed by atoms with Crippen molar-refractivity contribution in [2.45, 2.75) is 33.6 Å². The van der Waals surface area contributed by atoms with Gasteiger partial charge in [0.1, 0.15) is 23.5 Å². The monoisotopic (exact) mass is 359 g/mol. The van der Waals surface area contributed by atoms with Crippen LogP contribution in [0.25, 0.3) is 16.9 Å². The summed E-state index contributed by atoms with van der Waals surface area (Å²) >= 11 is 0. The maximum atomic E-state index is 14.4. The molecule has 3 rings (SSSR count). The van der Waals surface area contributed by atoms with Gasteiger partial charge in [-0.3, -0.25) is 0 Å². The third-order valence-corrected chi connectivity index (χ3v) is 4.36. The first-order valence-corrected chi connectivity index (χ1v) is 8.17. The van der Waals surface area contributed by atoms with E-state index in [0.717, 1.165) is 6.42 Å². The molecule has 3 aromatic rings. The Kier molecular flexibility index (Phi) is 4.64. The van der Waals surface area contributed by atoms with Crippen molar-refractivity contribution < 1.29 is 13.2 Å². The summed E-state index contributed by atoms with van der Waals surface area (Å²) in [6, 6.07) is 3.11. The van der Waals surface area contributed by atoms with Crippen LogP contribution in [0.3, 0.4) is 0 Å². The molecule has 8 heteroatoms. The lowest BCUT2D eigenvalue weighted by molar-refractivity contribution is 0.537. The van der Waals surface area contributed by atoms with Gasteiger partial charge in [0.25, 0.3) is 11.6 Å². The highest BCUT2D eigenvalue weighted by Crippen LogP contribution is 2.33. The topological polar surface area (TPSA) is 66.9 Å². The van der Waals surface area contributed by atoms with Gasteiger partial charge in [-0.15, -0.1) is 5.10 Å². The first-order chi connectivity index (χ1) is 12.3. The molecule has 0 spiro atoms. The van der Waals surface area contributed by atoms with Crippen LogP contribution in [-0.4, -0.2) is 19.6 Å². The van der Waals surface area contributed by atoms with Gasteiger partial charge in [-0.1, -0.05) is 20.3 Å². The maximum absolute atomic E-state index is 14.4. The largest absolute Gasteiger partial charge is 0.254 e. The number of aromatic nitrogens is 4. The Bertz CT molecular complexity index is 1010. The van der Waals surface area contributed by atoms with E-state index in [2.05, 4.69) is 15.1 Å². The molecule has 1 atom stereocenters. The van der Waals surface area contributed by atoms with Crippen LogP contribution in [0.2, 0.25) is 0 Å². The lowest BCUT2D eigenvalue weighted by Gasteiger charge is -2.17. The van der Waals surface area contributed by atoms with Crippen LogP contribution in [0.4, 0.5) is 13.2 Å². The van der Waals surface area contributed by atoms with E-state index in [1.54, 1.807) is 6.92 Å². The summed E-state index contributed by atoms with van der Waals surface area (Å²) in [5.74, 6) is -2.74. The second-order valence-corrected chi connectivity index (χ2v) is 6.24. The van der Waals surface area contributed by atoms with E-state index >= 15 is 0 Å². The number of benzene rings is 1. The molecule has 0 fully saturated rings. The van der Waals surface area contributed by atoms with Gasteiger partial charge in [-0.2, -0.15) is 14.8 Å². The third kappa shape index (κ3) is 3.01. The fourth-order valence-electron chi connectivity index (χ4n) is 2.89. The lowest BCUT2D eigenvalue weighted by atomic mass is 9.94. The Morgan fingerprint density at radius 1 is 1.15 bits per heavy atom. The molecule has 0 aliphatic heterocycles. The Balaban J connectivity index is 2.39. The average molecular weight is 359 g/mol. The number of nitriles is 1. The molecule has 134 valence electrons. The Labute approximate surface area is 148 Å². The van der Waals surface area contributed by atoms with E-state index in [9.17, 15) is 13.2 Å². The lowest BCUT2D eigenvalue weighted by Crippen LogP contribution is -2.12. The zero-order valence-electron chi connectivity index (χ0n) is 14.5. The summed E-state index contributed by atoms with van der Waals surface area (Å²) in [7, 11) is 0. The van der Waals surface area contributed by atoms with Crippen LogP contribution in [0.5, 0.6) is 0 Å². The molecule has 26 heavy (non-hydrogen) atoms. The molecule has 5 nitrogen and oxygen atoms in total. The smallest absolute Gasteiger partial charge is 0.216 e. The highest BCUT2D eigenvalue weighted by Gasteiger charge is 2.24. The number of aryl methyl sites for hydroxylation is 1. The van der Waals surface area contributed by atoms with Gasteiger partial charge in [0.2, 0.25) is 0 Å². The van der Waals surface area contributed by atoms with Crippen molar-refractivity contribution in [1.82, 2.24) is 19.6 Å². The molecular formula is C18H16F3N5. The molecule has 0 saturated carbocycles. The van der Waals surface area contributed by atoms with Gasteiger partial charge in [0, 0.05) is 17.7 Å². The molecule has 1 unspecified atom stereocenters. The van der Waals surface area contributed by atoms with Gasteiger partial charge < -0.3 is 0 Å². The summed E-state index contributed by atoms with van der Waals surface area (Å²) < 4.78 is 43.6. The van der Waals surface area contributed by atoms with Crippen LogP contribution in [0.15, 0.2) is 12.1 Å². The van der Waals surface area contributed by atoms with Gasteiger partial charge in [-0.25, -0.2) is 18.2 Å². The first kappa shape index (κ1) is 17.9. The van der Waals surface area contributed by atoms with E-state index in [1.807, 2.05) is 19.9 Å². The van der Waals surface area contributed by atoms with E-state index in [0.29, 0.717) is 29.9 Å². The Morgan fingerprint density at radius 3 is 2.38 bits per heavy atom. The molecule has 0 radical (unpaired) electrons. The number of nitrogens with zero attached hydrogens (tertiary/aromatic N) is 5. The minimum Gasteiger partial charge on any atom is -0.216 e. The molecule has 1 aromatic carbocycles. The van der Waals surface area contributed by atoms with Crippen molar-refractivity contribution in [3.8, 4) is 17.2 Å². The maximum Gasteiger partial charge on any atom is 0.254 e. The van der Waals surface area contributed by atoms with Crippen LogP contribution in [0.1, 0.15) is 37.5 Å². The first-order valence-electron chi connectivity index (χ1n) is 8.17. The van der Waals surface area contributed by atoms with Crippen molar-refractivity contribution >= 4 is 5.78 Å². The summed E-state index contributed by atoms with van der Waals surface area (Å²) in [6.45, 7) is 5.58. The van der Waals surface area contributed by atoms with E-state index in [1.165, 1.54) is 4.52 Å². The fraction of sp³-hybridized carbons (Fsp3) is 0.333. The molecule has 2 heterocycles. The predicted molar refractivity (Wildman–Crippen MR) is 88.7 cm³/mol. The average Bonchev–Trinajstić information content (AvgIpc) is 2.99. The summed E-state index contributed by atoms with van der Waals surface area (Å²) in [6.07, 6.45) is 1.27. The molecule has 0 bridgehead atoms.